The van der Waals surface area contributed by atoms with E-state index >= 15 is 0 Å². The fraction of sp³-hybridized carbons (Fsp3) is 0.769. The molecule has 0 spiro atoms. The van der Waals surface area contributed by atoms with Crippen LogP contribution in [0.2, 0.25) is 0 Å². The Hall–Kier alpha value is -0.330. The highest BCUT2D eigenvalue weighted by Gasteiger charge is 2.34. The summed E-state index contributed by atoms with van der Waals surface area (Å²) >= 11 is 4.12. The van der Waals surface area contributed by atoms with Crippen molar-refractivity contribution in [3.8, 4) is 5.75 Å². The molecule has 2 rings (SSSR count). The quantitative estimate of drug-likeness (QED) is 0.904. The van der Waals surface area contributed by atoms with Crippen molar-refractivity contribution >= 4 is 23.5 Å². The molecule has 0 bridgehead atoms. The summed E-state index contributed by atoms with van der Waals surface area (Å²) in [6, 6.07) is 0.283. The van der Waals surface area contributed by atoms with Crippen molar-refractivity contribution in [3.05, 3.63) is 11.9 Å². The molecular formula is C13H23N3OS2. The minimum atomic E-state index is 0.283. The van der Waals surface area contributed by atoms with E-state index in [1.54, 1.807) is 7.11 Å². The van der Waals surface area contributed by atoms with Gasteiger partial charge < -0.3 is 10.1 Å². The second kappa shape index (κ2) is 6.90. The Morgan fingerprint density at radius 1 is 1.53 bits per heavy atom. The van der Waals surface area contributed by atoms with E-state index in [0.717, 1.165) is 12.3 Å². The van der Waals surface area contributed by atoms with Crippen LogP contribution in [-0.2, 0) is 6.54 Å². The largest absolute Gasteiger partial charge is 0.493 e. The van der Waals surface area contributed by atoms with Gasteiger partial charge in [0.25, 0.3) is 0 Å². The second-order valence-corrected chi connectivity index (χ2v) is 7.36. The number of nitrogens with zero attached hydrogens (tertiary/aromatic N) is 2. The van der Waals surface area contributed by atoms with E-state index in [-0.39, 0.29) is 6.04 Å². The Morgan fingerprint density at radius 3 is 2.84 bits per heavy atom. The lowest BCUT2D eigenvalue weighted by atomic mass is 10.1. The van der Waals surface area contributed by atoms with Crippen LogP contribution in [-0.4, -0.2) is 45.9 Å². The Morgan fingerprint density at radius 2 is 2.26 bits per heavy atom. The average molecular weight is 301 g/mol. The van der Waals surface area contributed by atoms with Crippen LogP contribution < -0.4 is 10.1 Å². The summed E-state index contributed by atoms with van der Waals surface area (Å²) in [5, 5.41) is 9.10. The molecular weight excluding hydrogens is 278 g/mol. The average Bonchev–Trinajstić information content (AvgIpc) is 2.85. The normalized spacial score (nSPS) is 25.3. The zero-order valence-corrected chi connectivity index (χ0v) is 13.7. The molecule has 0 saturated carbocycles. The van der Waals surface area contributed by atoms with Crippen molar-refractivity contribution in [2.24, 2.45) is 0 Å². The maximum absolute atomic E-state index is 5.50. The first kappa shape index (κ1) is 15.1. The molecule has 3 unspecified atom stereocenters. The Labute approximate surface area is 124 Å². The van der Waals surface area contributed by atoms with Crippen molar-refractivity contribution < 1.29 is 4.74 Å². The summed E-state index contributed by atoms with van der Waals surface area (Å²) in [6.07, 6.45) is 1.83. The summed E-state index contributed by atoms with van der Waals surface area (Å²) in [6.45, 7) is 5.32. The molecule has 0 amide bonds. The highest BCUT2D eigenvalue weighted by atomic mass is 32.2. The highest BCUT2D eigenvalue weighted by Crippen LogP contribution is 2.40. The number of hydrogen-bond donors (Lipinski definition) is 1. The first-order chi connectivity index (χ1) is 9.22. The lowest BCUT2D eigenvalue weighted by molar-refractivity contribution is 0.392. The molecule has 4 nitrogen and oxygen atoms in total. The van der Waals surface area contributed by atoms with Crippen molar-refractivity contribution in [1.29, 1.82) is 0 Å². The van der Waals surface area contributed by atoms with Crippen LogP contribution in [0.15, 0.2) is 6.20 Å². The molecule has 1 aromatic heterocycles. The van der Waals surface area contributed by atoms with Crippen LogP contribution in [0.1, 0.15) is 25.6 Å². The zero-order valence-electron chi connectivity index (χ0n) is 12.0. The van der Waals surface area contributed by atoms with E-state index < -0.39 is 0 Å². The lowest BCUT2D eigenvalue weighted by Gasteiger charge is -2.34. The van der Waals surface area contributed by atoms with Crippen LogP contribution in [0.3, 0.4) is 0 Å². The van der Waals surface area contributed by atoms with E-state index in [1.807, 2.05) is 17.9 Å². The van der Waals surface area contributed by atoms with Gasteiger partial charge in [0.15, 0.2) is 5.75 Å². The van der Waals surface area contributed by atoms with Crippen molar-refractivity contribution in [3.63, 3.8) is 0 Å². The maximum atomic E-state index is 5.50. The lowest BCUT2D eigenvalue weighted by Crippen LogP contribution is -2.37. The SMILES string of the molecule is CCn1ncc(OC)c1C(NC)C1SCCSC1C. The predicted octanol–water partition coefficient (Wildman–Crippen LogP) is 2.41. The van der Waals surface area contributed by atoms with Gasteiger partial charge in [0.1, 0.15) is 0 Å². The molecule has 1 aliphatic rings. The van der Waals surface area contributed by atoms with Gasteiger partial charge in [0.05, 0.1) is 25.0 Å². The summed E-state index contributed by atoms with van der Waals surface area (Å²) < 4.78 is 7.55. The minimum absolute atomic E-state index is 0.283. The first-order valence-corrected chi connectivity index (χ1v) is 8.82. The number of nitrogens with one attached hydrogen (secondary N) is 1. The number of aryl methyl sites for hydroxylation is 1. The van der Waals surface area contributed by atoms with Crippen molar-refractivity contribution in [1.82, 2.24) is 15.1 Å². The first-order valence-electron chi connectivity index (χ1n) is 6.73. The molecule has 0 aromatic carbocycles. The molecule has 1 N–H and O–H groups in total. The second-order valence-electron chi connectivity index (χ2n) is 4.59. The number of thioether (sulfide) groups is 2. The van der Waals surface area contributed by atoms with Crippen LogP contribution >= 0.6 is 23.5 Å². The molecule has 0 radical (unpaired) electrons. The smallest absolute Gasteiger partial charge is 0.161 e. The molecule has 1 aromatic rings. The molecule has 6 heteroatoms. The number of rotatable bonds is 5. The van der Waals surface area contributed by atoms with Crippen molar-refractivity contribution in [2.75, 3.05) is 25.7 Å². The monoisotopic (exact) mass is 301 g/mol. The van der Waals surface area contributed by atoms with Gasteiger partial charge in [-0.15, -0.1) is 0 Å². The molecule has 1 fully saturated rings. The fourth-order valence-electron chi connectivity index (χ4n) is 2.57. The van der Waals surface area contributed by atoms with E-state index in [4.69, 9.17) is 4.74 Å². The Bertz CT molecular complexity index is 389. The number of ether oxygens (including phenoxy) is 1. The molecule has 1 aliphatic heterocycles. The van der Waals surface area contributed by atoms with E-state index in [1.165, 1.54) is 17.2 Å². The Kier molecular flexibility index (Phi) is 5.47. The minimum Gasteiger partial charge on any atom is -0.493 e. The predicted molar refractivity (Wildman–Crippen MR) is 84.4 cm³/mol. The van der Waals surface area contributed by atoms with Crippen LogP contribution in [0.25, 0.3) is 0 Å². The third-order valence-electron chi connectivity index (χ3n) is 3.54. The van der Waals surface area contributed by atoms with Gasteiger partial charge in [-0.25, -0.2) is 0 Å². The van der Waals surface area contributed by atoms with Gasteiger partial charge in [-0.05, 0) is 14.0 Å². The standard InChI is InChI=1S/C13H23N3OS2/c1-5-16-12(10(17-4)8-15-16)11(14-3)13-9(2)18-6-7-19-13/h8-9,11,13-14H,5-7H2,1-4H3. The van der Waals surface area contributed by atoms with E-state index in [9.17, 15) is 0 Å². The third kappa shape index (κ3) is 3.06. The van der Waals surface area contributed by atoms with Crippen molar-refractivity contribution in [2.45, 2.75) is 36.9 Å². The van der Waals surface area contributed by atoms with Gasteiger partial charge in [-0.2, -0.15) is 28.6 Å². The van der Waals surface area contributed by atoms with E-state index in [0.29, 0.717) is 10.5 Å². The number of hydrogen-bond acceptors (Lipinski definition) is 5. The van der Waals surface area contributed by atoms with Crippen LogP contribution in [0.4, 0.5) is 0 Å². The summed E-state index contributed by atoms with van der Waals surface area (Å²) in [5.74, 6) is 3.37. The van der Waals surface area contributed by atoms with Gasteiger partial charge in [0.2, 0.25) is 0 Å². The highest BCUT2D eigenvalue weighted by molar-refractivity contribution is 8.07. The maximum Gasteiger partial charge on any atom is 0.161 e. The topological polar surface area (TPSA) is 39.1 Å². The summed E-state index contributed by atoms with van der Waals surface area (Å²) in [7, 11) is 3.75. The number of aromatic nitrogens is 2. The molecule has 3 atom stereocenters. The third-order valence-corrected chi connectivity index (χ3v) is 6.73. The van der Waals surface area contributed by atoms with Gasteiger partial charge >= 0.3 is 0 Å². The fourth-order valence-corrected chi connectivity index (χ4v) is 5.53. The van der Waals surface area contributed by atoms with Gasteiger partial charge in [0, 0.05) is 28.6 Å². The number of methoxy groups -OCH3 is 1. The molecule has 19 heavy (non-hydrogen) atoms. The summed E-state index contributed by atoms with van der Waals surface area (Å²) in [4.78, 5) is 0. The Balaban J connectivity index is 2.32. The molecule has 0 aliphatic carbocycles. The van der Waals surface area contributed by atoms with Crippen LogP contribution in [0, 0.1) is 0 Å². The van der Waals surface area contributed by atoms with Crippen LogP contribution in [0.5, 0.6) is 5.75 Å². The zero-order chi connectivity index (χ0) is 13.8. The molecule has 108 valence electrons. The summed E-state index contributed by atoms with van der Waals surface area (Å²) in [5.41, 5.74) is 1.18. The molecule has 2 heterocycles. The van der Waals surface area contributed by atoms with Gasteiger partial charge in [-0.3, -0.25) is 4.68 Å². The van der Waals surface area contributed by atoms with E-state index in [2.05, 4.69) is 47.8 Å². The van der Waals surface area contributed by atoms with Gasteiger partial charge in [-0.1, -0.05) is 6.92 Å². The molecule has 1 saturated heterocycles.